The average Bonchev–Trinajstić information content (AvgIpc) is 2.47. The van der Waals surface area contributed by atoms with Gasteiger partial charge in [0, 0.05) is 6.54 Å². The van der Waals surface area contributed by atoms with Gasteiger partial charge < -0.3 is 15.7 Å². The van der Waals surface area contributed by atoms with Gasteiger partial charge in [0.05, 0.1) is 12.1 Å². The highest BCUT2D eigenvalue weighted by molar-refractivity contribution is 5.74. The number of fused-ring (bicyclic) bond motifs is 1. The number of carbonyl (C=O) groups excluding carboxylic acids is 1. The van der Waals surface area contributed by atoms with Crippen LogP contribution in [0.15, 0.2) is 18.2 Å². The molecule has 116 valence electrons. The second-order valence-electron chi connectivity index (χ2n) is 5.54. The Morgan fingerprint density at radius 1 is 1.52 bits per heavy atom. The number of hydrogen-bond acceptors (Lipinski definition) is 2. The quantitative estimate of drug-likeness (QED) is 0.782. The van der Waals surface area contributed by atoms with Crippen LogP contribution in [-0.4, -0.2) is 23.8 Å². The van der Waals surface area contributed by atoms with Gasteiger partial charge in [0.25, 0.3) is 0 Å². The highest BCUT2D eigenvalue weighted by atomic mass is 19.1. The fourth-order valence-corrected chi connectivity index (χ4v) is 2.69. The van der Waals surface area contributed by atoms with Gasteiger partial charge >= 0.3 is 6.03 Å². The monoisotopic (exact) mass is 294 g/mol. The van der Waals surface area contributed by atoms with Gasteiger partial charge in [0.2, 0.25) is 0 Å². The molecule has 2 atom stereocenters. The lowest BCUT2D eigenvalue weighted by Crippen LogP contribution is -2.40. The molecule has 2 rings (SSSR count). The largest absolute Gasteiger partial charge is 0.393 e. The first kappa shape index (κ1) is 15.8. The molecule has 1 aromatic carbocycles. The van der Waals surface area contributed by atoms with Crippen molar-refractivity contribution in [3.05, 3.63) is 35.1 Å². The summed E-state index contributed by atoms with van der Waals surface area (Å²) in [6.07, 6.45) is 3.57. The van der Waals surface area contributed by atoms with E-state index in [4.69, 9.17) is 0 Å². The molecule has 21 heavy (non-hydrogen) atoms. The minimum Gasteiger partial charge on any atom is -0.393 e. The van der Waals surface area contributed by atoms with Crippen LogP contribution >= 0.6 is 0 Å². The number of rotatable bonds is 5. The zero-order valence-electron chi connectivity index (χ0n) is 12.4. The van der Waals surface area contributed by atoms with E-state index in [2.05, 4.69) is 10.6 Å². The summed E-state index contributed by atoms with van der Waals surface area (Å²) in [5.41, 5.74) is 1.99. The first-order valence-corrected chi connectivity index (χ1v) is 7.61. The molecule has 0 heterocycles. The van der Waals surface area contributed by atoms with Crippen molar-refractivity contribution in [3.8, 4) is 0 Å². The third kappa shape index (κ3) is 4.43. The second kappa shape index (κ2) is 7.41. The van der Waals surface area contributed by atoms with Crippen molar-refractivity contribution < 1.29 is 14.3 Å². The zero-order valence-corrected chi connectivity index (χ0v) is 12.4. The number of aryl methyl sites for hydroxylation is 1. The highest BCUT2D eigenvalue weighted by Crippen LogP contribution is 2.30. The summed E-state index contributed by atoms with van der Waals surface area (Å²) in [6, 6.07) is 4.38. The molecule has 4 nitrogen and oxygen atoms in total. The van der Waals surface area contributed by atoms with Gasteiger partial charge in [-0.15, -0.1) is 0 Å². The van der Waals surface area contributed by atoms with Crippen LogP contribution in [-0.2, 0) is 6.42 Å². The summed E-state index contributed by atoms with van der Waals surface area (Å²) in [5, 5.41) is 15.1. The second-order valence-corrected chi connectivity index (χ2v) is 5.54. The Balaban J connectivity index is 1.89. The van der Waals surface area contributed by atoms with Crippen molar-refractivity contribution in [1.29, 1.82) is 0 Å². The van der Waals surface area contributed by atoms with E-state index in [0.717, 1.165) is 30.4 Å². The number of benzene rings is 1. The first-order valence-electron chi connectivity index (χ1n) is 7.61. The molecule has 2 unspecified atom stereocenters. The van der Waals surface area contributed by atoms with Crippen molar-refractivity contribution in [2.45, 2.75) is 51.2 Å². The maximum Gasteiger partial charge on any atom is 0.315 e. The number of hydrogen-bond donors (Lipinski definition) is 3. The van der Waals surface area contributed by atoms with Crippen LogP contribution in [0.1, 0.15) is 49.8 Å². The molecule has 0 spiro atoms. The standard InChI is InChI=1S/C16H23FN2O2/c1-2-13(20)8-9-18-16(21)19-15-5-3-4-11-6-7-12(17)10-14(11)15/h6-7,10,13,15,20H,2-5,8-9H2,1H3,(H2,18,19,21). The maximum atomic E-state index is 13.4. The van der Waals surface area contributed by atoms with E-state index in [1.807, 2.05) is 6.92 Å². The number of aliphatic hydroxyl groups excluding tert-OH is 1. The fourth-order valence-electron chi connectivity index (χ4n) is 2.69. The molecule has 0 bridgehead atoms. The molecule has 1 aliphatic rings. The third-order valence-electron chi connectivity index (χ3n) is 3.96. The topological polar surface area (TPSA) is 61.4 Å². The Morgan fingerprint density at radius 2 is 2.33 bits per heavy atom. The van der Waals surface area contributed by atoms with Gasteiger partial charge in [0.1, 0.15) is 5.82 Å². The summed E-state index contributed by atoms with van der Waals surface area (Å²) in [4.78, 5) is 11.9. The maximum absolute atomic E-state index is 13.4. The number of halogens is 1. The van der Waals surface area contributed by atoms with Crippen LogP contribution in [0.5, 0.6) is 0 Å². The molecule has 0 aromatic heterocycles. The summed E-state index contributed by atoms with van der Waals surface area (Å²) in [6.45, 7) is 2.34. The molecular weight excluding hydrogens is 271 g/mol. The fraction of sp³-hybridized carbons (Fsp3) is 0.562. The number of aliphatic hydroxyl groups is 1. The van der Waals surface area contributed by atoms with Crippen molar-refractivity contribution in [2.75, 3.05) is 6.54 Å². The van der Waals surface area contributed by atoms with Crippen molar-refractivity contribution in [1.82, 2.24) is 10.6 Å². The zero-order chi connectivity index (χ0) is 15.2. The Hall–Kier alpha value is -1.62. The van der Waals surface area contributed by atoms with Gasteiger partial charge in [-0.25, -0.2) is 9.18 Å². The molecule has 3 N–H and O–H groups in total. The molecule has 0 saturated carbocycles. The van der Waals surface area contributed by atoms with Crippen LogP contribution < -0.4 is 10.6 Å². The number of urea groups is 1. The van der Waals surface area contributed by atoms with Gasteiger partial charge in [-0.05, 0) is 55.4 Å². The summed E-state index contributed by atoms with van der Waals surface area (Å²) < 4.78 is 13.4. The third-order valence-corrected chi connectivity index (χ3v) is 3.96. The number of nitrogens with one attached hydrogen (secondary N) is 2. The SMILES string of the molecule is CCC(O)CCNC(=O)NC1CCCc2ccc(F)cc21. The minimum atomic E-state index is -0.380. The van der Waals surface area contributed by atoms with Gasteiger partial charge in [-0.2, -0.15) is 0 Å². The van der Waals surface area contributed by atoms with E-state index in [-0.39, 0.29) is 24.0 Å². The molecule has 0 aliphatic heterocycles. The Morgan fingerprint density at radius 3 is 3.10 bits per heavy atom. The van der Waals surface area contributed by atoms with Gasteiger partial charge in [-0.3, -0.25) is 0 Å². The van der Waals surface area contributed by atoms with E-state index in [1.54, 1.807) is 6.07 Å². The highest BCUT2D eigenvalue weighted by Gasteiger charge is 2.22. The number of amides is 2. The van der Waals surface area contributed by atoms with Crippen molar-refractivity contribution >= 4 is 6.03 Å². The van der Waals surface area contributed by atoms with Crippen LogP contribution in [0.3, 0.4) is 0 Å². The van der Waals surface area contributed by atoms with E-state index >= 15 is 0 Å². The lowest BCUT2D eigenvalue weighted by Gasteiger charge is -2.26. The Bertz CT molecular complexity index is 493. The molecule has 0 radical (unpaired) electrons. The predicted molar refractivity (Wildman–Crippen MR) is 79.5 cm³/mol. The van der Waals surface area contributed by atoms with Crippen molar-refractivity contribution in [2.24, 2.45) is 0 Å². The summed E-state index contributed by atoms with van der Waals surface area (Å²) in [7, 11) is 0. The van der Waals surface area contributed by atoms with Crippen LogP contribution in [0.25, 0.3) is 0 Å². The van der Waals surface area contributed by atoms with E-state index in [9.17, 15) is 14.3 Å². The van der Waals surface area contributed by atoms with E-state index < -0.39 is 0 Å². The molecule has 1 aliphatic carbocycles. The van der Waals surface area contributed by atoms with Gasteiger partial charge in [-0.1, -0.05) is 13.0 Å². The predicted octanol–water partition coefficient (Wildman–Crippen LogP) is 2.66. The summed E-state index contributed by atoms with van der Waals surface area (Å²) >= 11 is 0. The smallest absolute Gasteiger partial charge is 0.315 e. The molecule has 5 heteroatoms. The average molecular weight is 294 g/mol. The lowest BCUT2D eigenvalue weighted by atomic mass is 9.87. The molecule has 0 fully saturated rings. The van der Waals surface area contributed by atoms with Crippen LogP contribution in [0, 0.1) is 5.82 Å². The Kier molecular flexibility index (Phi) is 5.56. The number of carbonyl (C=O) groups is 1. The van der Waals surface area contributed by atoms with E-state index in [1.165, 1.54) is 12.1 Å². The molecule has 0 saturated heterocycles. The minimum absolute atomic E-state index is 0.138. The lowest BCUT2D eigenvalue weighted by molar-refractivity contribution is 0.160. The Labute approximate surface area is 124 Å². The van der Waals surface area contributed by atoms with E-state index in [0.29, 0.717) is 19.4 Å². The molecule has 1 aromatic rings. The van der Waals surface area contributed by atoms with Crippen LogP contribution in [0.2, 0.25) is 0 Å². The molecular formula is C16H23FN2O2. The molecule has 2 amide bonds. The summed E-state index contributed by atoms with van der Waals surface area (Å²) in [5.74, 6) is -0.270. The first-order chi connectivity index (χ1) is 10.1. The van der Waals surface area contributed by atoms with Crippen LogP contribution in [0.4, 0.5) is 9.18 Å². The van der Waals surface area contributed by atoms with Gasteiger partial charge in [0.15, 0.2) is 0 Å². The van der Waals surface area contributed by atoms with Crippen molar-refractivity contribution in [3.63, 3.8) is 0 Å². The normalized spacial score (nSPS) is 18.7.